The van der Waals surface area contributed by atoms with E-state index in [4.69, 9.17) is 10.4 Å². The van der Waals surface area contributed by atoms with Crippen LogP contribution < -0.4 is 5.14 Å². The number of rotatable bonds is 2. The van der Waals surface area contributed by atoms with Gasteiger partial charge in [0.15, 0.2) is 10.8 Å². The molecule has 1 aromatic carbocycles. The number of primary sulfonamides is 1. The molecule has 0 aliphatic rings. The van der Waals surface area contributed by atoms with Crippen LogP contribution in [-0.2, 0) is 10.0 Å². The maximum absolute atomic E-state index is 13.7. The number of nitriles is 1. The van der Waals surface area contributed by atoms with E-state index >= 15 is 0 Å². The molecule has 2 aromatic rings. The lowest BCUT2D eigenvalue weighted by Crippen LogP contribution is -2.19. The predicted molar refractivity (Wildman–Crippen MR) is 64.3 cm³/mol. The predicted octanol–water partition coefficient (Wildman–Crippen LogP) is 0.978. The minimum absolute atomic E-state index is 0.0697. The summed E-state index contributed by atoms with van der Waals surface area (Å²) in [5, 5.41) is 17.1. The van der Waals surface area contributed by atoms with Crippen LogP contribution in [0.15, 0.2) is 23.2 Å². The molecule has 2 N–H and O–H groups in total. The van der Waals surface area contributed by atoms with Crippen molar-refractivity contribution < 1.29 is 17.2 Å². The van der Waals surface area contributed by atoms with Crippen molar-refractivity contribution in [2.24, 2.45) is 5.14 Å². The largest absolute Gasteiger partial charge is 0.257 e. The maximum atomic E-state index is 13.7. The minimum Gasteiger partial charge on any atom is -0.223 e. The smallest absolute Gasteiger partial charge is 0.223 e. The van der Waals surface area contributed by atoms with E-state index in [1.807, 2.05) is 0 Å². The third-order valence-electron chi connectivity index (χ3n) is 2.54. The Balaban J connectivity index is 2.86. The number of aryl methyl sites for hydroxylation is 1. The number of hydrogen-bond acceptors (Lipinski definition) is 4. The van der Waals surface area contributed by atoms with Crippen molar-refractivity contribution in [3.8, 4) is 11.8 Å². The van der Waals surface area contributed by atoms with Gasteiger partial charge in [-0.05, 0) is 19.1 Å². The van der Waals surface area contributed by atoms with Crippen LogP contribution in [0.4, 0.5) is 8.78 Å². The van der Waals surface area contributed by atoms with E-state index < -0.39 is 26.7 Å². The normalized spacial score (nSPS) is 11.3. The zero-order valence-electron chi connectivity index (χ0n) is 10.1. The molecule has 0 aliphatic carbocycles. The quantitative estimate of drug-likeness (QED) is 0.892. The summed E-state index contributed by atoms with van der Waals surface area (Å²) in [6, 6.07) is 4.17. The summed E-state index contributed by atoms with van der Waals surface area (Å²) in [5.74, 6) is -1.85. The average molecular weight is 298 g/mol. The van der Waals surface area contributed by atoms with Gasteiger partial charge in [-0.1, -0.05) is 0 Å². The van der Waals surface area contributed by atoms with E-state index in [1.54, 1.807) is 6.07 Å². The van der Waals surface area contributed by atoms with Gasteiger partial charge in [0.25, 0.3) is 10.0 Å². The van der Waals surface area contributed by atoms with E-state index in [1.165, 1.54) is 6.92 Å². The van der Waals surface area contributed by atoms with Crippen LogP contribution in [0, 0.1) is 29.9 Å². The fourth-order valence-electron chi connectivity index (χ4n) is 1.71. The molecule has 0 aliphatic heterocycles. The summed E-state index contributed by atoms with van der Waals surface area (Å²) in [6.07, 6.45) is 0. The Morgan fingerprint density at radius 2 is 2.05 bits per heavy atom. The van der Waals surface area contributed by atoms with Crippen molar-refractivity contribution >= 4 is 10.0 Å². The van der Waals surface area contributed by atoms with Gasteiger partial charge >= 0.3 is 0 Å². The molecule has 6 nitrogen and oxygen atoms in total. The number of aromatic nitrogens is 2. The Kier molecular flexibility index (Phi) is 3.29. The molecule has 20 heavy (non-hydrogen) atoms. The lowest BCUT2D eigenvalue weighted by atomic mass is 10.3. The van der Waals surface area contributed by atoms with Gasteiger partial charge in [0.2, 0.25) is 0 Å². The Morgan fingerprint density at radius 3 is 2.55 bits per heavy atom. The summed E-state index contributed by atoms with van der Waals surface area (Å²) < 4.78 is 50.4. The van der Waals surface area contributed by atoms with Gasteiger partial charge in [0.05, 0.1) is 5.69 Å². The first-order valence-electron chi connectivity index (χ1n) is 5.23. The topological polar surface area (TPSA) is 102 Å². The second-order valence-electron chi connectivity index (χ2n) is 3.93. The standard InChI is InChI=1S/C11H8F2N4O2S/c1-6-8(5-14)11(20(15,18)19)17(16-6)10-3-2-7(12)4-9(10)13/h2-4H,1H3,(H2,15,18,19). The first-order chi connectivity index (χ1) is 9.25. The van der Waals surface area contributed by atoms with E-state index in [0.29, 0.717) is 10.7 Å². The molecule has 0 unspecified atom stereocenters. The molecular weight excluding hydrogens is 290 g/mol. The Bertz CT molecular complexity index is 837. The molecule has 0 fully saturated rings. The van der Waals surface area contributed by atoms with Crippen LogP contribution in [-0.4, -0.2) is 18.2 Å². The summed E-state index contributed by atoms with van der Waals surface area (Å²) in [5.41, 5.74) is -0.531. The highest BCUT2D eigenvalue weighted by Crippen LogP contribution is 2.23. The molecule has 1 heterocycles. The number of benzene rings is 1. The van der Waals surface area contributed by atoms with Crippen LogP contribution >= 0.6 is 0 Å². The molecule has 0 bridgehead atoms. The van der Waals surface area contributed by atoms with Gasteiger partial charge in [-0.2, -0.15) is 10.4 Å². The van der Waals surface area contributed by atoms with Crippen molar-refractivity contribution in [2.75, 3.05) is 0 Å². The highest BCUT2D eigenvalue weighted by molar-refractivity contribution is 7.89. The molecule has 0 amide bonds. The van der Waals surface area contributed by atoms with Crippen molar-refractivity contribution in [2.45, 2.75) is 11.9 Å². The van der Waals surface area contributed by atoms with Gasteiger partial charge < -0.3 is 0 Å². The zero-order chi connectivity index (χ0) is 15.1. The van der Waals surface area contributed by atoms with Crippen LogP contribution in [0.2, 0.25) is 0 Å². The van der Waals surface area contributed by atoms with Crippen LogP contribution in [0.1, 0.15) is 11.3 Å². The first-order valence-corrected chi connectivity index (χ1v) is 6.78. The maximum Gasteiger partial charge on any atom is 0.257 e. The minimum atomic E-state index is -4.31. The van der Waals surface area contributed by atoms with E-state index in [-0.39, 0.29) is 16.9 Å². The summed E-state index contributed by atoms with van der Waals surface area (Å²) in [6.45, 7) is 1.38. The SMILES string of the molecule is Cc1nn(-c2ccc(F)cc2F)c(S(N)(=O)=O)c1C#N. The van der Waals surface area contributed by atoms with Crippen LogP contribution in [0.5, 0.6) is 0 Å². The number of sulfonamides is 1. The third-order valence-corrected chi connectivity index (χ3v) is 3.45. The van der Waals surface area contributed by atoms with Crippen molar-refractivity contribution in [3.05, 3.63) is 41.1 Å². The molecule has 2 rings (SSSR count). The van der Waals surface area contributed by atoms with Crippen LogP contribution in [0.3, 0.4) is 0 Å². The van der Waals surface area contributed by atoms with Gasteiger partial charge in [-0.15, -0.1) is 0 Å². The monoisotopic (exact) mass is 298 g/mol. The Morgan fingerprint density at radius 1 is 1.40 bits per heavy atom. The van der Waals surface area contributed by atoms with Gasteiger partial charge in [0.1, 0.15) is 23.1 Å². The second kappa shape index (κ2) is 4.66. The molecular formula is C11H8F2N4O2S. The van der Waals surface area contributed by atoms with Crippen molar-refractivity contribution in [1.82, 2.24) is 9.78 Å². The second-order valence-corrected chi connectivity index (χ2v) is 5.41. The number of hydrogen-bond donors (Lipinski definition) is 1. The molecule has 0 saturated carbocycles. The highest BCUT2D eigenvalue weighted by atomic mass is 32.2. The van der Waals surface area contributed by atoms with E-state index in [0.717, 1.165) is 12.1 Å². The fraction of sp³-hybridized carbons (Fsp3) is 0.0909. The molecule has 0 saturated heterocycles. The van der Waals surface area contributed by atoms with E-state index in [2.05, 4.69) is 5.10 Å². The summed E-state index contributed by atoms with van der Waals surface area (Å²) in [7, 11) is -4.31. The van der Waals surface area contributed by atoms with Crippen molar-refractivity contribution in [1.29, 1.82) is 5.26 Å². The zero-order valence-corrected chi connectivity index (χ0v) is 10.9. The molecule has 1 aromatic heterocycles. The number of nitrogens with zero attached hydrogens (tertiary/aromatic N) is 3. The number of nitrogens with two attached hydrogens (primary N) is 1. The van der Waals surface area contributed by atoms with Gasteiger partial charge in [-0.3, -0.25) is 0 Å². The Hall–Kier alpha value is -2.31. The van der Waals surface area contributed by atoms with Crippen molar-refractivity contribution in [3.63, 3.8) is 0 Å². The third kappa shape index (κ3) is 2.26. The lowest BCUT2D eigenvalue weighted by Gasteiger charge is -2.07. The van der Waals surface area contributed by atoms with Gasteiger partial charge in [0, 0.05) is 6.07 Å². The fourth-order valence-corrected chi connectivity index (χ4v) is 2.57. The Labute approximate surface area is 113 Å². The summed E-state index contributed by atoms with van der Waals surface area (Å²) in [4.78, 5) is 0. The molecule has 0 radical (unpaired) electrons. The number of halogens is 2. The average Bonchev–Trinajstić information content (AvgIpc) is 2.65. The molecule has 104 valence electrons. The molecule has 0 atom stereocenters. The molecule has 9 heteroatoms. The highest BCUT2D eigenvalue weighted by Gasteiger charge is 2.26. The van der Waals surface area contributed by atoms with Crippen LogP contribution in [0.25, 0.3) is 5.69 Å². The molecule has 0 spiro atoms. The van der Waals surface area contributed by atoms with Gasteiger partial charge in [-0.25, -0.2) is 27.0 Å². The summed E-state index contributed by atoms with van der Waals surface area (Å²) >= 11 is 0. The first kappa shape index (κ1) is 14.1. The van der Waals surface area contributed by atoms with E-state index in [9.17, 15) is 17.2 Å². The lowest BCUT2D eigenvalue weighted by molar-refractivity contribution is 0.562.